The highest BCUT2D eigenvalue weighted by Gasteiger charge is 2.13. The lowest BCUT2D eigenvalue weighted by atomic mass is 10.1. The van der Waals surface area contributed by atoms with Crippen LogP contribution in [0, 0.1) is 0 Å². The molecule has 0 saturated heterocycles. The Morgan fingerprint density at radius 2 is 1.50 bits per heavy atom. The van der Waals surface area contributed by atoms with Gasteiger partial charge in [0.25, 0.3) is 0 Å². The van der Waals surface area contributed by atoms with Crippen LogP contribution in [0.4, 0.5) is 0 Å². The zero-order valence-corrected chi connectivity index (χ0v) is 12.4. The van der Waals surface area contributed by atoms with Crippen molar-refractivity contribution in [2.24, 2.45) is 0 Å². The average Bonchev–Trinajstić information content (AvgIpc) is 2.36. The second-order valence-electron chi connectivity index (χ2n) is 4.74. The highest BCUT2D eigenvalue weighted by molar-refractivity contribution is 5.74. The maximum absolute atomic E-state index is 11.3. The zero-order chi connectivity index (χ0) is 13.6. The Labute approximate surface area is 112 Å². The van der Waals surface area contributed by atoms with E-state index in [0.29, 0.717) is 13.2 Å². The molecule has 1 atom stereocenters. The highest BCUT2D eigenvalue weighted by atomic mass is 16.6. The molecule has 3 nitrogen and oxygen atoms in total. The van der Waals surface area contributed by atoms with E-state index in [9.17, 15) is 4.79 Å². The molecule has 0 fully saturated rings. The lowest BCUT2D eigenvalue weighted by molar-refractivity contribution is -0.155. The van der Waals surface area contributed by atoms with E-state index in [-0.39, 0.29) is 5.97 Å². The van der Waals surface area contributed by atoms with E-state index in [4.69, 9.17) is 9.47 Å². The number of rotatable bonds is 12. The van der Waals surface area contributed by atoms with E-state index in [1.165, 1.54) is 44.9 Å². The monoisotopic (exact) mass is 258 g/mol. The molecule has 18 heavy (non-hydrogen) atoms. The van der Waals surface area contributed by atoms with E-state index in [1.807, 2.05) is 6.92 Å². The van der Waals surface area contributed by atoms with Gasteiger partial charge in [0.05, 0.1) is 6.61 Å². The van der Waals surface area contributed by atoms with Crippen LogP contribution in [0.2, 0.25) is 0 Å². The molecule has 0 saturated carbocycles. The third kappa shape index (κ3) is 10.6. The van der Waals surface area contributed by atoms with Gasteiger partial charge in [-0.25, -0.2) is 4.79 Å². The SMILES string of the molecule is CCCCCCCCCCOC(C)C(=O)OCC. The molecule has 108 valence electrons. The molecule has 0 aliphatic carbocycles. The summed E-state index contributed by atoms with van der Waals surface area (Å²) in [6.45, 7) is 6.88. The summed E-state index contributed by atoms with van der Waals surface area (Å²) in [5.74, 6) is -0.253. The Kier molecular flexibility index (Phi) is 12.5. The fraction of sp³-hybridized carbons (Fsp3) is 0.933. The molecular formula is C15H30O3. The predicted octanol–water partition coefficient (Wildman–Crippen LogP) is 4.10. The van der Waals surface area contributed by atoms with Crippen LogP contribution >= 0.6 is 0 Å². The number of hydrogen-bond donors (Lipinski definition) is 0. The lowest BCUT2D eigenvalue weighted by Gasteiger charge is -2.11. The zero-order valence-electron chi connectivity index (χ0n) is 12.4. The van der Waals surface area contributed by atoms with Gasteiger partial charge in [-0.05, 0) is 20.3 Å². The fourth-order valence-electron chi connectivity index (χ4n) is 1.82. The fourth-order valence-corrected chi connectivity index (χ4v) is 1.82. The van der Waals surface area contributed by atoms with E-state index >= 15 is 0 Å². The van der Waals surface area contributed by atoms with Gasteiger partial charge in [-0.15, -0.1) is 0 Å². The van der Waals surface area contributed by atoms with Gasteiger partial charge in [0, 0.05) is 6.61 Å². The Morgan fingerprint density at radius 1 is 0.944 bits per heavy atom. The van der Waals surface area contributed by atoms with Crippen molar-refractivity contribution in [1.29, 1.82) is 0 Å². The van der Waals surface area contributed by atoms with E-state index in [1.54, 1.807) is 6.92 Å². The molecule has 0 rings (SSSR count). The summed E-state index contributed by atoms with van der Waals surface area (Å²) in [5, 5.41) is 0. The molecule has 0 aliphatic heterocycles. The number of hydrogen-bond acceptors (Lipinski definition) is 3. The first-order chi connectivity index (χ1) is 8.72. The van der Waals surface area contributed by atoms with Gasteiger partial charge in [0.1, 0.15) is 0 Å². The molecule has 0 aromatic carbocycles. The standard InChI is InChI=1S/C15H30O3/c1-4-6-7-8-9-10-11-12-13-18-14(3)15(16)17-5-2/h14H,4-13H2,1-3H3. The summed E-state index contributed by atoms with van der Waals surface area (Å²) < 4.78 is 10.3. The molecule has 1 unspecified atom stereocenters. The molecule has 0 heterocycles. The molecule has 3 heteroatoms. The van der Waals surface area contributed by atoms with Crippen molar-refractivity contribution in [3.05, 3.63) is 0 Å². The molecule has 0 aliphatic rings. The van der Waals surface area contributed by atoms with Crippen LogP contribution in [-0.2, 0) is 14.3 Å². The summed E-state index contributed by atoms with van der Waals surface area (Å²) in [7, 11) is 0. The van der Waals surface area contributed by atoms with Crippen molar-refractivity contribution in [3.63, 3.8) is 0 Å². The maximum atomic E-state index is 11.3. The normalized spacial score (nSPS) is 12.4. The number of unbranched alkanes of at least 4 members (excludes halogenated alkanes) is 7. The molecule has 0 bridgehead atoms. The number of esters is 1. The first-order valence-electron chi connectivity index (χ1n) is 7.50. The topological polar surface area (TPSA) is 35.5 Å². The molecule has 0 aromatic rings. The van der Waals surface area contributed by atoms with Gasteiger partial charge in [-0.3, -0.25) is 0 Å². The van der Waals surface area contributed by atoms with Crippen molar-refractivity contribution in [3.8, 4) is 0 Å². The van der Waals surface area contributed by atoms with Crippen LogP contribution in [0.1, 0.15) is 72.1 Å². The number of ether oxygens (including phenoxy) is 2. The summed E-state index contributed by atoms with van der Waals surface area (Å²) in [6, 6.07) is 0. The van der Waals surface area contributed by atoms with E-state index in [2.05, 4.69) is 6.92 Å². The van der Waals surface area contributed by atoms with Crippen LogP contribution in [0.15, 0.2) is 0 Å². The average molecular weight is 258 g/mol. The second kappa shape index (κ2) is 12.9. The third-order valence-electron chi connectivity index (χ3n) is 2.98. The van der Waals surface area contributed by atoms with Gasteiger partial charge in [0.2, 0.25) is 0 Å². The molecule has 0 spiro atoms. The summed E-state index contributed by atoms with van der Waals surface area (Å²) >= 11 is 0. The van der Waals surface area contributed by atoms with Crippen LogP contribution < -0.4 is 0 Å². The maximum Gasteiger partial charge on any atom is 0.334 e. The highest BCUT2D eigenvalue weighted by Crippen LogP contribution is 2.08. The van der Waals surface area contributed by atoms with Gasteiger partial charge < -0.3 is 9.47 Å². The first-order valence-corrected chi connectivity index (χ1v) is 7.50. The van der Waals surface area contributed by atoms with Gasteiger partial charge in [0.15, 0.2) is 6.10 Å². The van der Waals surface area contributed by atoms with E-state index in [0.717, 1.165) is 6.42 Å². The smallest absolute Gasteiger partial charge is 0.334 e. The first kappa shape index (κ1) is 17.4. The number of carbonyl (C=O) groups is 1. The molecule has 0 amide bonds. The third-order valence-corrected chi connectivity index (χ3v) is 2.98. The minimum absolute atomic E-state index is 0.253. The quantitative estimate of drug-likeness (QED) is 0.390. The molecule has 0 radical (unpaired) electrons. The largest absolute Gasteiger partial charge is 0.464 e. The Hall–Kier alpha value is -0.570. The molecular weight excluding hydrogens is 228 g/mol. The van der Waals surface area contributed by atoms with Crippen molar-refractivity contribution in [2.45, 2.75) is 78.2 Å². The Morgan fingerprint density at radius 3 is 2.06 bits per heavy atom. The summed E-state index contributed by atoms with van der Waals surface area (Å²) in [6.07, 6.45) is 9.81. The van der Waals surface area contributed by atoms with Gasteiger partial charge in [-0.1, -0.05) is 51.9 Å². The summed E-state index contributed by atoms with van der Waals surface area (Å²) in [4.78, 5) is 11.3. The minimum atomic E-state index is -0.422. The van der Waals surface area contributed by atoms with Gasteiger partial charge >= 0.3 is 5.97 Å². The Bertz CT molecular complexity index is 192. The van der Waals surface area contributed by atoms with Gasteiger partial charge in [-0.2, -0.15) is 0 Å². The molecule has 0 N–H and O–H groups in total. The van der Waals surface area contributed by atoms with Crippen LogP contribution in [0.5, 0.6) is 0 Å². The van der Waals surface area contributed by atoms with E-state index < -0.39 is 6.10 Å². The van der Waals surface area contributed by atoms with Crippen molar-refractivity contribution < 1.29 is 14.3 Å². The van der Waals surface area contributed by atoms with Crippen LogP contribution in [0.25, 0.3) is 0 Å². The van der Waals surface area contributed by atoms with Crippen LogP contribution in [0.3, 0.4) is 0 Å². The number of carbonyl (C=O) groups excluding carboxylic acids is 1. The van der Waals surface area contributed by atoms with Crippen molar-refractivity contribution >= 4 is 5.97 Å². The predicted molar refractivity (Wildman–Crippen MR) is 74.7 cm³/mol. The van der Waals surface area contributed by atoms with Crippen LogP contribution in [-0.4, -0.2) is 25.3 Å². The Balaban J connectivity index is 3.22. The summed E-state index contributed by atoms with van der Waals surface area (Å²) in [5.41, 5.74) is 0. The molecule has 0 aromatic heterocycles. The van der Waals surface area contributed by atoms with Crippen molar-refractivity contribution in [2.75, 3.05) is 13.2 Å². The second-order valence-corrected chi connectivity index (χ2v) is 4.74. The minimum Gasteiger partial charge on any atom is -0.464 e. The lowest BCUT2D eigenvalue weighted by Crippen LogP contribution is -2.23. The van der Waals surface area contributed by atoms with Crippen molar-refractivity contribution in [1.82, 2.24) is 0 Å².